The molecule has 104 valence electrons. The highest BCUT2D eigenvalue weighted by atomic mass is 35.5. The quantitative estimate of drug-likeness (QED) is 0.771. The third kappa shape index (κ3) is 2.78. The number of anilines is 2. The maximum atomic E-state index is 11.0. The summed E-state index contributed by atoms with van der Waals surface area (Å²) in [5, 5.41) is 13.3. The third-order valence-electron chi connectivity index (χ3n) is 2.94. The van der Waals surface area contributed by atoms with Gasteiger partial charge in [-0.25, -0.2) is 9.78 Å². The van der Waals surface area contributed by atoms with Gasteiger partial charge in [-0.1, -0.05) is 17.7 Å². The predicted octanol–water partition coefficient (Wildman–Crippen LogP) is 3.73. The average Bonchev–Trinajstić information content (AvgIpc) is 2.48. The fourth-order valence-electron chi connectivity index (χ4n) is 1.94. The molecule has 5 nitrogen and oxygen atoms in total. The van der Waals surface area contributed by atoms with E-state index in [9.17, 15) is 4.79 Å². The molecule has 2 aromatic heterocycles. The normalized spacial score (nSPS) is 10.5. The Morgan fingerprint density at radius 3 is 2.81 bits per heavy atom. The second-order valence-corrected chi connectivity index (χ2v) is 4.81. The van der Waals surface area contributed by atoms with Crippen molar-refractivity contribution in [1.82, 2.24) is 9.97 Å². The van der Waals surface area contributed by atoms with E-state index in [4.69, 9.17) is 16.7 Å². The highest BCUT2D eigenvalue weighted by Gasteiger charge is 2.09. The minimum Gasteiger partial charge on any atom is -0.478 e. The summed E-state index contributed by atoms with van der Waals surface area (Å²) in [5.41, 5.74) is 1.50. The van der Waals surface area contributed by atoms with Crippen LogP contribution < -0.4 is 5.32 Å². The summed E-state index contributed by atoms with van der Waals surface area (Å²) in [6, 6.07) is 10.1. The highest BCUT2D eigenvalue weighted by Crippen LogP contribution is 2.27. The van der Waals surface area contributed by atoms with Gasteiger partial charge in [0.05, 0.1) is 28.0 Å². The molecule has 0 radical (unpaired) electrons. The van der Waals surface area contributed by atoms with Gasteiger partial charge in [-0.2, -0.15) is 0 Å². The summed E-state index contributed by atoms with van der Waals surface area (Å²) in [6.07, 6.45) is 3.32. The molecule has 3 rings (SSSR count). The Hall–Kier alpha value is -2.66. The van der Waals surface area contributed by atoms with Crippen LogP contribution in [0, 0.1) is 0 Å². The van der Waals surface area contributed by atoms with Crippen molar-refractivity contribution in [3.8, 4) is 0 Å². The van der Waals surface area contributed by atoms with Gasteiger partial charge >= 0.3 is 5.97 Å². The summed E-state index contributed by atoms with van der Waals surface area (Å²) in [6.45, 7) is 0. The van der Waals surface area contributed by atoms with E-state index >= 15 is 0 Å². The van der Waals surface area contributed by atoms with E-state index in [0.717, 1.165) is 11.1 Å². The molecule has 0 unspecified atom stereocenters. The zero-order valence-electron chi connectivity index (χ0n) is 10.7. The molecule has 21 heavy (non-hydrogen) atoms. The van der Waals surface area contributed by atoms with E-state index in [1.807, 2.05) is 6.07 Å². The minimum absolute atomic E-state index is 0.185. The summed E-state index contributed by atoms with van der Waals surface area (Å²) >= 11 is 6.19. The number of hydrogen-bond acceptors (Lipinski definition) is 4. The van der Waals surface area contributed by atoms with Gasteiger partial charge in [0.25, 0.3) is 0 Å². The number of aromatic carboxylic acids is 1. The van der Waals surface area contributed by atoms with E-state index in [2.05, 4.69) is 15.3 Å². The first kappa shape index (κ1) is 13.3. The lowest BCUT2D eigenvalue weighted by atomic mass is 10.1. The monoisotopic (exact) mass is 299 g/mol. The van der Waals surface area contributed by atoms with Crippen LogP contribution in [0.1, 0.15) is 10.4 Å². The Balaban J connectivity index is 2.06. The number of rotatable bonds is 3. The van der Waals surface area contributed by atoms with Gasteiger partial charge in [-0.3, -0.25) is 4.98 Å². The number of nitrogens with zero attached hydrogens (tertiary/aromatic N) is 2. The molecule has 0 amide bonds. The number of fused-ring (bicyclic) bond motifs is 1. The molecule has 0 atom stereocenters. The van der Waals surface area contributed by atoms with E-state index in [-0.39, 0.29) is 5.56 Å². The molecule has 2 N–H and O–H groups in total. The molecule has 0 aliphatic heterocycles. The van der Waals surface area contributed by atoms with Crippen molar-refractivity contribution in [2.45, 2.75) is 0 Å². The number of nitrogens with one attached hydrogen (secondary N) is 1. The van der Waals surface area contributed by atoms with E-state index < -0.39 is 5.97 Å². The molecule has 0 aliphatic carbocycles. The Bertz CT molecular complexity index is 822. The molecular weight excluding hydrogens is 290 g/mol. The first-order valence-electron chi connectivity index (χ1n) is 6.14. The Morgan fingerprint density at radius 1 is 1.24 bits per heavy atom. The van der Waals surface area contributed by atoms with Gasteiger partial charge in [-0.05, 0) is 30.3 Å². The fourth-order valence-corrected chi connectivity index (χ4v) is 2.14. The van der Waals surface area contributed by atoms with E-state index in [1.54, 1.807) is 30.6 Å². The van der Waals surface area contributed by atoms with Gasteiger partial charge in [0.2, 0.25) is 0 Å². The Kier molecular flexibility index (Phi) is 3.41. The molecule has 0 aliphatic rings. The number of carbonyl (C=O) groups is 1. The van der Waals surface area contributed by atoms with Crippen LogP contribution in [-0.4, -0.2) is 21.0 Å². The fraction of sp³-hybridized carbons (Fsp3) is 0. The standard InChI is InChI=1S/C15H10ClN3O2/c16-12-6-9-3-4-10(15(20)21)7-13(9)19-14(12)18-11-2-1-5-17-8-11/h1-8H,(H,18,19)(H,20,21). The van der Waals surface area contributed by atoms with Crippen LogP contribution in [0.25, 0.3) is 10.9 Å². The van der Waals surface area contributed by atoms with E-state index in [1.165, 1.54) is 12.1 Å². The molecule has 0 saturated heterocycles. The zero-order chi connectivity index (χ0) is 14.8. The molecular formula is C15H10ClN3O2. The molecule has 0 bridgehead atoms. The average molecular weight is 300 g/mol. The van der Waals surface area contributed by atoms with Gasteiger partial charge in [0.1, 0.15) is 5.82 Å². The van der Waals surface area contributed by atoms with Crippen LogP contribution in [0.5, 0.6) is 0 Å². The number of carboxylic acids is 1. The molecule has 0 spiro atoms. The summed E-state index contributed by atoms with van der Waals surface area (Å²) in [7, 11) is 0. The van der Waals surface area contributed by atoms with Gasteiger partial charge < -0.3 is 10.4 Å². The van der Waals surface area contributed by atoms with Crippen molar-refractivity contribution < 1.29 is 9.90 Å². The second kappa shape index (κ2) is 5.38. The molecule has 0 fully saturated rings. The summed E-state index contributed by atoms with van der Waals surface area (Å²) in [4.78, 5) is 19.4. The minimum atomic E-state index is -0.990. The van der Waals surface area contributed by atoms with Crippen molar-refractivity contribution >= 4 is 40.0 Å². The van der Waals surface area contributed by atoms with Crippen molar-refractivity contribution in [3.63, 3.8) is 0 Å². The summed E-state index contributed by atoms with van der Waals surface area (Å²) < 4.78 is 0. The SMILES string of the molecule is O=C(O)c1ccc2cc(Cl)c(Nc3cccnc3)nc2c1. The number of halogens is 1. The lowest BCUT2D eigenvalue weighted by molar-refractivity contribution is 0.0697. The second-order valence-electron chi connectivity index (χ2n) is 4.40. The first-order valence-corrected chi connectivity index (χ1v) is 6.52. The number of aromatic nitrogens is 2. The Morgan fingerprint density at radius 2 is 2.10 bits per heavy atom. The number of hydrogen-bond donors (Lipinski definition) is 2. The largest absolute Gasteiger partial charge is 0.478 e. The molecule has 6 heteroatoms. The maximum Gasteiger partial charge on any atom is 0.335 e. The van der Waals surface area contributed by atoms with Crippen molar-refractivity contribution in [2.24, 2.45) is 0 Å². The highest BCUT2D eigenvalue weighted by molar-refractivity contribution is 6.33. The molecule has 1 aromatic carbocycles. The van der Waals surface area contributed by atoms with Crippen LogP contribution in [0.4, 0.5) is 11.5 Å². The Labute approximate surface area is 125 Å². The lowest BCUT2D eigenvalue weighted by Crippen LogP contribution is -1.98. The van der Waals surface area contributed by atoms with Crippen LogP contribution in [0.15, 0.2) is 48.8 Å². The predicted molar refractivity (Wildman–Crippen MR) is 81.2 cm³/mol. The topological polar surface area (TPSA) is 75.1 Å². The third-order valence-corrected chi connectivity index (χ3v) is 3.23. The number of pyridine rings is 2. The molecule has 3 aromatic rings. The van der Waals surface area contributed by atoms with Gasteiger partial charge in [0, 0.05) is 11.6 Å². The van der Waals surface area contributed by atoms with E-state index in [0.29, 0.717) is 16.4 Å². The summed E-state index contributed by atoms with van der Waals surface area (Å²) in [5.74, 6) is -0.532. The van der Waals surface area contributed by atoms with Crippen molar-refractivity contribution in [3.05, 3.63) is 59.4 Å². The molecule has 2 heterocycles. The van der Waals surface area contributed by atoms with Crippen LogP contribution in [0.2, 0.25) is 5.02 Å². The number of benzene rings is 1. The smallest absolute Gasteiger partial charge is 0.335 e. The van der Waals surface area contributed by atoms with Crippen molar-refractivity contribution in [2.75, 3.05) is 5.32 Å². The molecule has 0 saturated carbocycles. The van der Waals surface area contributed by atoms with Crippen LogP contribution >= 0.6 is 11.6 Å². The van der Waals surface area contributed by atoms with Gasteiger partial charge in [0.15, 0.2) is 0 Å². The van der Waals surface area contributed by atoms with Crippen molar-refractivity contribution in [1.29, 1.82) is 0 Å². The number of carboxylic acid groups (broad SMARTS) is 1. The first-order chi connectivity index (χ1) is 10.1. The lowest BCUT2D eigenvalue weighted by Gasteiger charge is -2.09. The van der Waals surface area contributed by atoms with Crippen LogP contribution in [0.3, 0.4) is 0 Å². The maximum absolute atomic E-state index is 11.0. The van der Waals surface area contributed by atoms with Crippen LogP contribution in [-0.2, 0) is 0 Å². The zero-order valence-corrected chi connectivity index (χ0v) is 11.5. The van der Waals surface area contributed by atoms with Gasteiger partial charge in [-0.15, -0.1) is 0 Å².